The van der Waals surface area contributed by atoms with Crippen LogP contribution >= 0.6 is 11.3 Å². The van der Waals surface area contributed by atoms with Crippen LogP contribution in [0.3, 0.4) is 0 Å². The number of carbonyl (C=O) groups excluding carboxylic acids is 2. The van der Waals surface area contributed by atoms with Crippen molar-refractivity contribution >= 4 is 39.7 Å². The molecule has 0 aliphatic heterocycles. The van der Waals surface area contributed by atoms with Gasteiger partial charge in [0.15, 0.2) is 5.13 Å². The Balaban J connectivity index is 1.77. The molecule has 2 aromatic carbocycles. The molecule has 28 heavy (non-hydrogen) atoms. The molecule has 0 spiro atoms. The summed E-state index contributed by atoms with van der Waals surface area (Å²) in [5.41, 5.74) is 1.31. The van der Waals surface area contributed by atoms with Crippen molar-refractivity contribution in [2.45, 2.75) is 0 Å². The Bertz CT molecular complexity index is 1020. The molecule has 0 unspecified atom stereocenters. The van der Waals surface area contributed by atoms with Gasteiger partial charge in [0.1, 0.15) is 17.3 Å². The number of carbonyl (C=O) groups is 2. The zero-order valence-electron chi connectivity index (χ0n) is 15.0. The minimum absolute atomic E-state index is 0.164. The largest absolute Gasteiger partial charge is 0.355 e. The Morgan fingerprint density at radius 2 is 1.82 bits per heavy atom. The van der Waals surface area contributed by atoms with Gasteiger partial charge in [0.2, 0.25) is 0 Å². The first-order valence-corrected chi connectivity index (χ1v) is 9.04. The van der Waals surface area contributed by atoms with Crippen molar-refractivity contribution in [3.63, 3.8) is 0 Å². The minimum Gasteiger partial charge on any atom is -0.355 e. The van der Waals surface area contributed by atoms with E-state index in [4.69, 9.17) is 0 Å². The second-order valence-corrected chi connectivity index (χ2v) is 6.67. The molecule has 3 aromatic rings. The van der Waals surface area contributed by atoms with Crippen LogP contribution in [0.4, 0.5) is 25.3 Å². The van der Waals surface area contributed by atoms with Gasteiger partial charge in [-0.2, -0.15) is 0 Å². The van der Waals surface area contributed by atoms with E-state index in [9.17, 15) is 18.4 Å². The summed E-state index contributed by atoms with van der Waals surface area (Å²) in [7, 11) is 3.10. The molecule has 0 fully saturated rings. The smallest absolute Gasteiger partial charge is 0.277 e. The van der Waals surface area contributed by atoms with E-state index in [1.165, 1.54) is 11.9 Å². The van der Waals surface area contributed by atoms with E-state index in [0.29, 0.717) is 16.4 Å². The van der Waals surface area contributed by atoms with Crippen molar-refractivity contribution in [1.29, 1.82) is 0 Å². The van der Waals surface area contributed by atoms with Crippen molar-refractivity contribution in [1.82, 2.24) is 10.3 Å². The van der Waals surface area contributed by atoms with Gasteiger partial charge in [0, 0.05) is 42.5 Å². The van der Waals surface area contributed by atoms with E-state index in [2.05, 4.69) is 15.6 Å². The third-order valence-corrected chi connectivity index (χ3v) is 4.62. The number of nitrogens with zero attached hydrogens (tertiary/aromatic N) is 2. The Hall–Kier alpha value is -3.33. The van der Waals surface area contributed by atoms with Crippen molar-refractivity contribution in [3.8, 4) is 0 Å². The number of amides is 2. The molecule has 0 aliphatic rings. The monoisotopic (exact) mass is 402 g/mol. The molecule has 0 aliphatic carbocycles. The van der Waals surface area contributed by atoms with Gasteiger partial charge >= 0.3 is 0 Å². The van der Waals surface area contributed by atoms with Crippen LogP contribution in [0, 0.1) is 11.6 Å². The first-order chi connectivity index (χ1) is 13.4. The van der Waals surface area contributed by atoms with Gasteiger partial charge in [-0.15, -0.1) is 11.3 Å². The summed E-state index contributed by atoms with van der Waals surface area (Å²) >= 11 is 1.13. The highest BCUT2D eigenvalue weighted by Crippen LogP contribution is 2.24. The van der Waals surface area contributed by atoms with Gasteiger partial charge in [-0.1, -0.05) is 6.07 Å². The number of thiazole rings is 1. The molecule has 3 rings (SSSR count). The lowest BCUT2D eigenvalue weighted by Crippen LogP contribution is -2.27. The highest BCUT2D eigenvalue weighted by atomic mass is 32.1. The summed E-state index contributed by atoms with van der Waals surface area (Å²) in [5.74, 6) is -2.08. The molecule has 9 heteroatoms. The van der Waals surface area contributed by atoms with Crippen LogP contribution in [0.25, 0.3) is 0 Å². The summed E-state index contributed by atoms with van der Waals surface area (Å²) in [6, 6.07) is 9.64. The number of halogens is 2. The van der Waals surface area contributed by atoms with Crippen LogP contribution in [0.5, 0.6) is 0 Å². The minimum atomic E-state index is -0.717. The molecule has 2 N–H and O–H groups in total. The van der Waals surface area contributed by atoms with Crippen LogP contribution in [0.1, 0.15) is 20.8 Å². The lowest BCUT2D eigenvalue weighted by molar-refractivity contribution is 0.0959. The molecule has 1 aromatic heterocycles. The number of aromatic nitrogens is 1. The molecule has 0 radical (unpaired) electrons. The molecule has 144 valence electrons. The summed E-state index contributed by atoms with van der Waals surface area (Å²) in [6.45, 7) is 0. The first-order valence-electron chi connectivity index (χ1n) is 8.16. The van der Waals surface area contributed by atoms with E-state index in [1.807, 2.05) is 0 Å². The summed E-state index contributed by atoms with van der Waals surface area (Å²) < 4.78 is 26.6. The van der Waals surface area contributed by atoms with Crippen molar-refractivity contribution in [3.05, 3.63) is 70.7 Å². The summed E-state index contributed by atoms with van der Waals surface area (Å²) in [5, 5.41) is 7.16. The first kappa shape index (κ1) is 19.4. The maximum atomic E-state index is 13.3. The lowest BCUT2D eigenvalue weighted by Gasteiger charge is -2.16. The molecule has 6 nitrogen and oxygen atoms in total. The Kier molecular flexibility index (Phi) is 5.65. The number of hydrogen-bond donors (Lipinski definition) is 2. The molecule has 1 heterocycles. The fourth-order valence-electron chi connectivity index (χ4n) is 2.47. The van der Waals surface area contributed by atoms with Gasteiger partial charge in [-0.3, -0.25) is 9.59 Å². The standard InChI is InChI=1S/C19H16F2N4O2S/c1-22-17(26)11-4-3-5-15(6-11)25(2)18(27)16-10-28-19(24-16)23-14-8-12(20)7-13(21)9-14/h3-10H,1-2H3,(H,22,26)(H,23,24). The van der Waals surface area contributed by atoms with Crippen molar-refractivity contribution in [2.24, 2.45) is 0 Å². The van der Waals surface area contributed by atoms with E-state index >= 15 is 0 Å². The van der Waals surface area contributed by atoms with Gasteiger partial charge in [-0.05, 0) is 30.3 Å². The molecular weight excluding hydrogens is 386 g/mol. The Morgan fingerprint density at radius 3 is 2.50 bits per heavy atom. The highest BCUT2D eigenvalue weighted by molar-refractivity contribution is 7.14. The van der Waals surface area contributed by atoms with Crippen LogP contribution < -0.4 is 15.5 Å². The lowest BCUT2D eigenvalue weighted by atomic mass is 10.1. The maximum absolute atomic E-state index is 13.3. The van der Waals surface area contributed by atoms with E-state index in [-0.39, 0.29) is 23.2 Å². The maximum Gasteiger partial charge on any atom is 0.277 e. The molecule has 0 saturated heterocycles. The fourth-order valence-corrected chi connectivity index (χ4v) is 3.17. The molecule has 0 bridgehead atoms. The average molecular weight is 402 g/mol. The van der Waals surface area contributed by atoms with E-state index in [1.54, 1.807) is 36.7 Å². The van der Waals surface area contributed by atoms with Crippen LogP contribution in [-0.4, -0.2) is 30.9 Å². The number of hydrogen-bond acceptors (Lipinski definition) is 5. The predicted molar refractivity (Wildman–Crippen MR) is 104 cm³/mol. The SMILES string of the molecule is CNC(=O)c1cccc(N(C)C(=O)c2csc(Nc3cc(F)cc(F)c3)n2)c1. The average Bonchev–Trinajstić information content (AvgIpc) is 3.13. The molecule has 0 atom stereocenters. The molecule has 2 amide bonds. The predicted octanol–water partition coefficient (Wildman–Crippen LogP) is 3.80. The highest BCUT2D eigenvalue weighted by Gasteiger charge is 2.18. The molecule has 0 saturated carbocycles. The zero-order valence-corrected chi connectivity index (χ0v) is 15.8. The van der Waals surface area contributed by atoms with Crippen LogP contribution in [-0.2, 0) is 0 Å². The van der Waals surface area contributed by atoms with Gasteiger partial charge < -0.3 is 15.5 Å². The second-order valence-electron chi connectivity index (χ2n) is 5.81. The Labute approximate surface area is 163 Å². The normalized spacial score (nSPS) is 10.4. The van der Waals surface area contributed by atoms with Crippen LogP contribution in [0.2, 0.25) is 0 Å². The number of anilines is 3. The summed E-state index contributed by atoms with van der Waals surface area (Å²) in [6.07, 6.45) is 0. The topological polar surface area (TPSA) is 74.3 Å². The fraction of sp³-hybridized carbons (Fsp3) is 0.105. The van der Waals surface area contributed by atoms with Crippen LogP contribution in [0.15, 0.2) is 47.8 Å². The summed E-state index contributed by atoms with van der Waals surface area (Å²) in [4.78, 5) is 30.0. The van der Waals surface area contributed by atoms with Crippen molar-refractivity contribution < 1.29 is 18.4 Å². The van der Waals surface area contributed by atoms with Gasteiger partial charge in [0.05, 0.1) is 0 Å². The zero-order chi connectivity index (χ0) is 20.3. The number of nitrogens with one attached hydrogen (secondary N) is 2. The third-order valence-electron chi connectivity index (χ3n) is 3.86. The third kappa shape index (κ3) is 4.32. The van der Waals surface area contributed by atoms with E-state index < -0.39 is 11.6 Å². The van der Waals surface area contributed by atoms with E-state index in [0.717, 1.165) is 29.5 Å². The van der Waals surface area contributed by atoms with Gasteiger partial charge in [0.25, 0.3) is 11.8 Å². The Morgan fingerprint density at radius 1 is 1.11 bits per heavy atom. The quantitative estimate of drug-likeness (QED) is 0.681. The number of benzene rings is 2. The number of rotatable bonds is 5. The van der Waals surface area contributed by atoms with Crippen molar-refractivity contribution in [2.75, 3.05) is 24.3 Å². The van der Waals surface area contributed by atoms with Gasteiger partial charge in [-0.25, -0.2) is 13.8 Å². The molecular formula is C19H16F2N4O2S. The second kappa shape index (κ2) is 8.13.